The number of benzene rings is 1. The number of fused-ring (bicyclic) bond motifs is 5. The van der Waals surface area contributed by atoms with Crippen molar-refractivity contribution in [2.75, 3.05) is 26.4 Å². The van der Waals surface area contributed by atoms with Crippen molar-refractivity contribution in [2.45, 2.75) is 70.2 Å². The molecule has 2 saturated heterocycles. The number of amides is 2. The quantitative estimate of drug-likeness (QED) is 0.539. The summed E-state index contributed by atoms with van der Waals surface area (Å²) in [5.41, 5.74) is -2.74. The van der Waals surface area contributed by atoms with E-state index in [9.17, 15) is 28.3 Å². The Balaban J connectivity index is 1.30. The van der Waals surface area contributed by atoms with Crippen LogP contribution in [0.1, 0.15) is 77.0 Å². The highest BCUT2D eigenvalue weighted by atomic mass is 19.1. The fourth-order valence-electron chi connectivity index (χ4n) is 6.45. The minimum absolute atomic E-state index is 0.193. The maximum Gasteiger partial charge on any atom is 0.274 e. The Bertz CT molecular complexity index is 1530. The molecular weight excluding hydrogens is 566 g/mol. The van der Waals surface area contributed by atoms with Crippen LogP contribution in [0.25, 0.3) is 0 Å². The summed E-state index contributed by atoms with van der Waals surface area (Å²) < 4.78 is 41.6. The molecule has 2 N–H and O–H groups in total. The first-order chi connectivity index (χ1) is 20.6. The summed E-state index contributed by atoms with van der Waals surface area (Å²) in [4.78, 5) is 47.6. The van der Waals surface area contributed by atoms with E-state index in [4.69, 9.17) is 14.3 Å². The fourth-order valence-corrected chi connectivity index (χ4v) is 6.45. The van der Waals surface area contributed by atoms with Crippen LogP contribution in [0, 0.1) is 24.5 Å². The number of oxime groups is 1. The molecule has 2 bridgehead atoms. The summed E-state index contributed by atoms with van der Waals surface area (Å²) >= 11 is 0. The predicted octanol–water partition coefficient (Wildman–Crippen LogP) is 3.17. The lowest BCUT2D eigenvalue weighted by Gasteiger charge is -2.41. The maximum atomic E-state index is 14.4. The number of nitrogens with zero attached hydrogens (tertiary/aromatic N) is 3. The first-order valence-corrected chi connectivity index (χ1v) is 14.6. The number of aryl methyl sites for hydroxylation is 1. The second kappa shape index (κ2) is 11.3. The van der Waals surface area contributed by atoms with E-state index in [2.05, 4.69) is 10.5 Å². The van der Waals surface area contributed by atoms with Crippen molar-refractivity contribution in [1.82, 2.24) is 14.8 Å². The zero-order valence-corrected chi connectivity index (χ0v) is 24.0. The molecule has 3 atom stereocenters. The average molecular weight is 601 g/mol. The van der Waals surface area contributed by atoms with E-state index < -0.39 is 58.4 Å². The molecule has 11 nitrogen and oxygen atoms in total. The third-order valence-corrected chi connectivity index (χ3v) is 9.07. The van der Waals surface area contributed by atoms with Gasteiger partial charge in [0, 0.05) is 44.1 Å². The molecular formula is C30H34F2N4O7. The number of aromatic hydroxyl groups is 1. The van der Waals surface area contributed by atoms with Crippen LogP contribution in [-0.2, 0) is 20.9 Å². The summed E-state index contributed by atoms with van der Waals surface area (Å²) in [5.74, 6) is -3.27. The molecule has 1 spiro atoms. The van der Waals surface area contributed by atoms with Gasteiger partial charge in [-0.3, -0.25) is 14.4 Å². The molecule has 0 unspecified atom stereocenters. The van der Waals surface area contributed by atoms with Gasteiger partial charge in [0.15, 0.2) is 17.0 Å². The predicted molar refractivity (Wildman–Crippen MR) is 149 cm³/mol. The molecule has 5 heterocycles. The van der Waals surface area contributed by atoms with Crippen LogP contribution >= 0.6 is 0 Å². The van der Waals surface area contributed by atoms with Crippen molar-refractivity contribution in [3.05, 3.63) is 62.6 Å². The van der Waals surface area contributed by atoms with Gasteiger partial charge >= 0.3 is 0 Å². The maximum absolute atomic E-state index is 14.4. The lowest BCUT2D eigenvalue weighted by Crippen LogP contribution is -2.52. The summed E-state index contributed by atoms with van der Waals surface area (Å²) in [6, 6.07) is 1.44. The van der Waals surface area contributed by atoms with Gasteiger partial charge in [-0.25, -0.2) is 8.78 Å². The number of hydrogen-bond acceptors (Lipinski definition) is 8. The number of carbonyl (C=O) groups is 2. The zero-order chi connectivity index (χ0) is 30.5. The topological polar surface area (TPSA) is 132 Å². The van der Waals surface area contributed by atoms with Crippen LogP contribution < -0.4 is 10.7 Å². The monoisotopic (exact) mass is 600 g/mol. The minimum atomic E-state index is -1.06. The molecule has 6 rings (SSSR count). The van der Waals surface area contributed by atoms with E-state index in [1.165, 1.54) is 17.7 Å². The highest BCUT2D eigenvalue weighted by Gasteiger charge is 2.55. The largest absolute Gasteiger partial charge is 0.503 e. The molecule has 1 aromatic heterocycles. The molecule has 0 saturated carbocycles. The molecule has 0 aliphatic carbocycles. The summed E-state index contributed by atoms with van der Waals surface area (Å²) in [6.07, 6.45) is 4.38. The van der Waals surface area contributed by atoms with Crippen LogP contribution in [-0.4, -0.2) is 70.3 Å². The number of nitrogens with one attached hydrogen (secondary N) is 1. The van der Waals surface area contributed by atoms with Crippen molar-refractivity contribution in [2.24, 2.45) is 11.1 Å². The SMILES string of the molecule is Cc1cc(F)c(CNC(=O)c2cn3c(c(O)c2=O)C(=O)N2C[C@@H]3[C@]3(CC[C@@H]2C)CC(OCC2CCOCC2)=NO3)c(F)c1. The third kappa shape index (κ3) is 5.23. The Morgan fingerprint density at radius 1 is 1.21 bits per heavy atom. The number of pyridine rings is 1. The normalized spacial score (nSPS) is 25.2. The van der Waals surface area contributed by atoms with Gasteiger partial charge in [-0.1, -0.05) is 5.16 Å². The van der Waals surface area contributed by atoms with Crippen LogP contribution in [0.5, 0.6) is 5.75 Å². The van der Waals surface area contributed by atoms with E-state index in [-0.39, 0.29) is 23.8 Å². The molecule has 0 radical (unpaired) electrons. The smallest absolute Gasteiger partial charge is 0.274 e. The van der Waals surface area contributed by atoms with E-state index in [0.717, 1.165) is 25.0 Å². The summed E-state index contributed by atoms with van der Waals surface area (Å²) in [7, 11) is 0. The average Bonchev–Trinajstić information content (AvgIpc) is 3.35. The molecule has 2 fully saturated rings. The van der Waals surface area contributed by atoms with Crippen molar-refractivity contribution in [1.29, 1.82) is 0 Å². The number of carbonyl (C=O) groups excluding carboxylic acids is 2. The zero-order valence-electron chi connectivity index (χ0n) is 24.0. The van der Waals surface area contributed by atoms with Gasteiger partial charge in [-0.05, 0) is 63.1 Å². The number of halogens is 2. The Morgan fingerprint density at radius 2 is 1.93 bits per heavy atom. The summed E-state index contributed by atoms with van der Waals surface area (Å²) in [5, 5.41) is 17.6. The molecule has 43 heavy (non-hydrogen) atoms. The highest BCUT2D eigenvalue weighted by Crippen LogP contribution is 2.46. The second-order valence-electron chi connectivity index (χ2n) is 11.9. The standard InChI is InChI=1S/C30H34F2N4O7/c1-16-9-21(31)19(22(32)10-16)12-33-28(39)20-13-36-23-14-35(29(40)25(36)27(38)26(20)37)17(2)3-6-30(23)11-24(34-43-30)42-15-18-4-7-41-8-5-18/h9-10,13,17-18,23,38H,3-8,11-12,14-15H2,1-2H3,(H,33,39)/t17-,23+,30-/m0/s1. The van der Waals surface area contributed by atoms with E-state index >= 15 is 0 Å². The fraction of sp³-hybridized carbons (Fsp3) is 0.533. The van der Waals surface area contributed by atoms with Crippen molar-refractivity contribution < 1.29 is 37.8 Å². The van der Waals surface area contributed by atoms with E-state index in [1.807, 2.05) is 6.92 Å². The Labute approximate surface area is 246 Å². The van der Waals surface area contributed by atoms with Gasteiger partial charge in [0.25, 0.3) is 11.8 Å². The number of hydrogen-bond donors (Lipinski definition) is 2. The summed E-state index contributed by atoms with van der Waals surface area (Å²) in [6.45, 7) is 4.95. The Hall–Kier alpha value is -4.00. The van der Waals surface area contributed by atoms with Crippen LogP contribution in [0.2, 0.25) is 0 Å². The van der Waals surface area contributed by atoms with Gasteiger partial charge < -0.3 is 34.2 Å². The van der Waals surface area contributed by atoms with Gasteiger partial charge in [0.2, 0.25) is 11.3 Å². The highest BCUT2D eigenvalue weighted by molar-refractivity contribution is 5.99. The van der Waals surface area contributed by atoms with Gasteiger partial charge in [-0.15, -0.1) is 0 Å². The number of ether oxygens (including phenoxy) is 2. The van der Waals surface area contributed by atoms with Crippen molar-refractivity contribution >= 4 is 17.7 Å². The first-order valence-electron chi connectivity index (χ1n) is 14.6. The molecule has 4 aliphatic heterocycles. The second-order valence-corrected chi connectivity index (χ2v) is 11.9. The third-order valence-electron chi connectivity index (χ3n) is 9.07. The Kier molecular flexibility index (Phi) is 7.61. The lowest BCUT2D eigenvalue weighted by atomic mass is 9.85. The van der Waals surface area contributed by atoms with Gasteiger partial charge in [0.1, 0.15) is 17.2 Å². The lowest BCUT2D eigenvalue weighted by molar-refractivity contribution is -0.0655. The molecule has 1 aromatic carbocycles. The van der Waals surface area contributed by atoms with E-state index in [0.29, 0.717) is 56.5 Å². The number of rotatable bonds is 5. The van der Waals surface area contributed by atoms with Crippen LogP contribution in [0.3, 0.4) is 0 Å². The minimum Gasteiger partial charge on any atom is -0.503 e. The molecule has 230 valence electrons. The Morgan fingerprint density at radius 3 is 2.65 bits per heavy atom. The van der Waals surface area contributed by atoms with Crippen LogP contribution in [0.4, 0.5) is 8.78 Å². The van der Waals surface area contributed by atoms with Gasteiger partial charge in [0.05, 0.1) is 19.1 Å². The van der Waals surface area contributed by atoms with E-state index in [1.54, 1.807) is 4.90 Å². The van der Waals surface area contributed by atoms with Crippen molar-refractivity contribution in [3.8, 4) is 5.75 Å². The molecule has 13 heteroatoms. The van der Waals surface area contributed by atoms with Crippen LogP contribution in [0.15, 0.2) is 28.3 Å². The van der Waals surface area contributed by atoms with Crippen molar-refractivity contribution in [3.63, 3.8) is 0 Å². The molecule has 4 aliphatic rings. The number of aromatic nitrogens is 1. The molecule has 2 amide bonds. The molecule has 2 aromatic rings. The first kappa shape index (κ1) is 29.1. The van der Waals surface area contributed by atoms with Gasteiger partial charge in [-0.2, -0.15) is 0 Å².